The second-order valence-electron chi connectivity index (χ2n) is 9.89. The summed E-state index contributed by atoms with van der Waals surface area (Å²) in [5.74, 6) is -0.461. The van der Waals surface area contributed by atoms with Crippen molar-refractivity contribution in [1.29, 1.82) is 0 Å². The Balaban J connectivity index is 1.25. The summed E-state index contributed by atoms with van der Waals surface area (Å²) >= 11 is 6.64. The van der Waals surface area contributed by atoms with Crippen LogP contribution >= 0.6 is 24.0 Å². The Morgan fingerprint density at radius 1 is 0.974 bits per heavy atom. The number of anilines is 2. The number of nitrogens with zero attached hydrogens (tertiary/aromatic N) is 2. The molecule has 1 N–H and O–H groups in total. The van der Waals surface area contributed by atoms with E-state index in [-0.39, 0.29) is 11.5 Å². The van der Waals surface area contributed by atoms with E-state index < -0.39 is 5.97 Å². The number of carbonyl (C=O) groups excluding carboxylic acids is 1. The third-order valence-electron chi connectivity index (χ3n) is 7.60. The number of likely N-dealkylation sites (N-methyl/N-ethyl adjacent to an activating group) is 1. The summed E-state index contributed by atoms with van der Waals surface area (Å²) in [4.78, 5) is 28.2. The SMILES string of the molecule is CN1C(=O)/C(=C\c2ccc3c(c2)C2CCCC2N3c2ccc(/C=C/c3ccc(C(=O)O)cc3)cc2)SC1=S. The Morgan fingerprint density at radius 2 is 1.63 bits per heavy atom. The van der Waals surface area contributed by atoms with Gasteiger partial charge >= 0.3 is 5.97 Å². The molecule has 7 heteroatoms. The number of aromatic carboxylic acids is 1. The van der Waals surface area contributed by atoms with Gasteiger partial charge in [-0.1, -0.05) is 72.9 Å². The van der Waals surface area contributed by atoms with Crippen LogP contribution in [-0.2, 0) is 4.79 Å². The minimum Gasteiger partial charge on any atom is -0.478 e. The van der Waals surface area contributed by atoms with E-state index >= 15 is 0 Å². The first-order valence-electron chi connectivity index (χ1n) is 12.7. The highest BCUT2D eigenvalue weighted by Crippen LogP contribution is 2.52. The minimum absolute atomic E-state index is 0.0349. The Kier molecular flexibility index (Phi) is 6.41. The van der Waals surface area contributed by atoms with E-state index in [0.717, 1.165) is 23.1 Å². The fourth-order valence-electron chi connectivity index (χ4n) is 5.67. The first-order chi connectivity index (χ1) is 18.4. The second kappa shape index (κ2) is 9.89. The van der Waals surface area contributed by atoms with Crippen LogP contribution in [0, 0.1) is 0 Å². The second-order valence-corrected chi connectivity index (χ2v) is 11.6. The van der Waals surface area contributed by atoms with Crippen LogP contribution in [0.3, 0.4) is 0 Å². The highest BCUT2D eigenvalue weighted by atomic mass is 32.2. The van der Waals surface area contributed by atoms with Crippen LogP contribution in [-0.4, -0.2) is 39.3 Å². The van der Waals surface area contributed by atoms with Gasteiger partial charge in [0.25, 0.3) is 5.91 Å². The maximum atomic E-state index is 12.5. The number of thioether (sulfide) groups is 1. The fraction of sp³-hybridized carbons (Fsp3) is 0.194. The standard InChI is InChI=1S/C31H26N2O3S2/c1-32-29(34)28(38-31(32)37)18-21-11-16-27-25(17-21)24-3-2-4-26(24)33(27)23-14-9-20(10-15-23)6-5-19-7-12-22(13-8-19)30(35)36/h5-18,24,26H,2-4H2,1H3,(H,35,36)/b6-5+,28-18+. The summed E-state index contributed by atoms with van der Waals surface area (Å²) in [6.07, 6.45) is 9.55. The third kappa shape index (κ3) is 4.46. The van der Waals surface area contributed by atoms with Crippen molar-refractivity contribution in [3.63, 3.8) is 0 Å². The molecule has 1 saturated carbocycles. The van der Waals surface area contributed by atoms with Gasteiger partial charge in [0.05, 0.1) is 10.5 Å². The molecule has 2 unspecified atom stereocenters. The molecule has 2 atom stereocenters. The molecule has 1 saturated heterocycles. The molecule has 6 rings (SSSR count). The number of carboxylic acid groups (broad SMARTS) is 1. The largest absolute Gasteiger partial charge is 0.478 e. The van der Waals surface area contributed by atoms with Gasteiger partial charge in [-0.2, -0.15) is 0 Å². The molecule has 5 nitrogen and oxygen atoms in total. The number of amides is 1. The van der Waals surface area contributed by atoms with E-state index in [9.17, 15) is 9.59 Å². The summed E-state index contributed by atoms with van der Waals surface area (Å²) in [7, 11) is 1.72. The first-order valence-corrected chi connectivity index (χ1v) is 13.9. The predicted octanol–water partition coefficient (Wildman–Crippen LogP) is 7.17. The van der Waals surface area contributed by atoms with E-state index in [2.05, 4.69) is 47.4 Å². The van der Waals surface area contributed by atoms with E-state index in [1.54, 1.807) is 19.2 Å². The molecule has 2 aliphatic heterocycles. The number of benzene rings is 3. The zero-order valence-corrected chi connectivity index (χ0v) is 22.5. The average Bonchev–Trinajstić information content (AvgIpc) is 3.58. The fourth-order valence-corrected chi connectivity index (χ4v) is 6.85. The summed E-state index contributed by atoms with van der Waals surface area (Å²) in [6.45, 7) is 0. The summed E-state index contributed by atoms with van der Waals surface area (Å²) in [5, 5.41) is 9.07. The number of carboxylic acids is 1. The topological polar surface area (TPSA) is 60.9 Å². The molecular formula is C31H26N2O3S2. The number of carbonyl (C=O) groups is 2. The van der Waals surface area contributed by atoms with Gasteiger partial charge in [0.2, 0.25) is 0 Å². The van der Waals surface area contributed by atoms with Crippen molar-refractivity contribution in [3.8, 4) is 0 Å². The molecule has 0 bridgehead atoms. The minimum atomic E-state index is -0.919. The highest BCUT2D eigenvalue weighted by Gasteiger charge is 2.42. The van der Waals surface area contributed by atoms with Gasteiger partial charge < -0.3 is 10.0 Å². The summed E-state index contributed by atoms with van der Waals surface area (Å²) in [6, 6.07) is 22.5. The van der Waals surface area contributed by atoms with E-state index in [1.807, 2.05) is 30.4 Å². The van der Waals surface area contributed by atoms with Crippen molar-refractivity contribution in [2.75, 3.05) is 11.9 Å². The molecular weight excluding hydrogens is 512 g/mol. The Bertz CT molecular complexity index is 1510. The van der Waals surface area contributed by atoms with Crippen LogP contribution in [0.2, 0.25) is 0 Å². The van der Waals surface area contributed by atoms with E-state index in [0.29, 0.717) is 21.2 Å². The molecule has 38 heavy (non-hydrogen) atoms. The average molecular weight is 539 g/mol. The zero-order valence-electron chi connectivity index (χ0n) is 20.8. The van der Waals surface area contributed by atoms with Crippen LogP contribution < -0.4 is 4.90 Å². The number of hydrogen-bond donors (Lipinski definition) is 1. The monoisotopic (exact) mass is 538 g/mol. The van der Waals surface area contributed by atoms with Gasteiger partial charge in [0, 0.05) is 30.4 Å². The van der Waals surface area contributed by atoms with Crippen LogP contribution in [0.4, 0.5) is 11.4 Å². The third-order valence-corrected chi connectivity index (χ3v) is 9.09. The van der Waals surface area contributed by atoms with Crippen LogP contribution in [0.5, 0.6) is 0 Å². The normalized spacial score (nSPS) is 21.6. The zero-order chi connectivity index (χ0) is 26.4. The Morgan fingerprint density at radius 3 is 2.26 bits per heavy atom. The van der Waals surface area contributed by atoms with E-state index in [4.69, 9.17) is 17.3 Å². The molecule has 3 aromatic carbocycles. The van der Waals surface area contributed by atoms with Crippen LogP contribution in [0.25, 0.3) is 18.2 Å². The number of rotatable bonds is 5. The lowest BCUT2D eigenvalue weighted by Gasteiger charge is -2.27. The molecule has 2 fully saturated rings. The maximum absolute atomic E-state index is 12.5. The predicted molar refractivity (Wildman–Crippen MR) is 159 cm³/mol. The van der Waals surface area contributed by atoms with Crippen LogP contribution in [0.1, 0.15) is 57.8 Å². The molecule has 1 aliphatic carbocycles. The lowest BCUT2D eigenvalue weighted by Crippen LogP contribution is -2.26. The quantitative estimate of drug-likeness (QED) is 0.211. The first kappa shape index (κ1) is 24.6. The molecule has 3 aromatic rings. The number of thiocarbonyl (C=S) groups is 1. The summed E-state index contributed by atoms with van der Waals surface area (Å²) in [5.41, 5.74) is 7.17. The van der Waals surface area contributed by atoms with Gasteiger partial charge in [0.1, 0.15) is 4.32 Å². The van der Waals surface area contributed by atoms with Gasteiger partial charge in [-0.05, 0) is 77.6 Å². The molecule has 0 spiro atoms. The molecule has 0 radical (unpaired) electrons. The van der Waals surface area contributed by atoms with Gasteiger partial charge in [-0.3, -0.25) is 9.69 Å². The van der Waals surface area contributed by atoms with Crippen LogP contribution in [0.15, 0.2) is 71.6 Å². The molecule has 1 amide bonds. The molecule has 190 valence electrons. The van der Waals surface area contributed by atoms with E-state index in [1.165, 1.54) is 46.4 Å². The Labute approximate surface area is 231 Å². The van der Waals surface area contributed by atoms with Gasteiger partial charge in [0.15, 0.2) is 0 Å². The molecule has 0 aromatic heterocycles. The van der Waals surface area contributed by atoms with Gasteiger partial charge in [-0.15, -0.1) is 0 Å². The highest BCUT2D eigenvalue weighted by molar-refractivity contribution is 8.26. The van der Waals surface area contributed by atoms with Crippen molar-refractivity contribution in [2.24, 2.45) is 0 Å². The lowest BCUT2D eigenvalue weighted by molar-refractivity contribution is -0.121. The number of fused-ring (bicyclic) bond motifs is 3. The summed E-state index contributed by atoms with van der Waals surface area (Å²) < 4.78 is 0.596. The maximum Gasteiger partial charge on any atom is 0.335 e. The molecule has 2 heterocycles. The van der Waals surface area contributed by atoms with Gasteiger partial charge in [-0.25, -0.2) is 4.79 Å². The van der Waals surface area contributed by atoms with Crippen molar-refractivity contribution in [2.45, 2.75) is 31.2 Å². The van der Waals surface area contributed by atoms with Crippen molar-refractivity contribution in [1.82, 2.24) is 4.90 Å². The van der Waals surface area contributed by atoms with Crippen molar-refractivity contribution >= 4 is 69.8 Å². The number of hydrogen-bond acceptors (Lipinski definition) is 5. The Hall–Kier alpha value is -3.68. The molecule has 3 aliphatic rings. The lowest BCUT2D eigenvalue weighted by atomic mass is 9.96. The van der Waals surface area contributed by atoms with Crippen molar-refractivity contribution < 1.29 is 14.7 Å². The smallest absolute Gasteiger partial charge is 0.335 e. The van der Waals surface area contributed by atoms with Crippen molar-refractivity contribution in [3.05, 3.63) is 99.5 Å².